The lowest BCUT2D eigenvalue weighted by atomic mass is 10.2. The molecule has 0 aliphatic rings. The second-order valence-corrected chi connectivity index (χ2v) is 5.36. The monoisotopic (exact) mass is 373 g/mol. The van der Waals surface area contributed by atoms with Gasteiger partial charge in [-0.15, -0.1) is 0 Å². The van der Waals surface area contributed by atoms with Crippen molar-refractivity contribution in [2.75, 3.05) is 11.1 Å². The Bertz CT molecular complexity index is 1030. The molecule has 0 saturated heterocycles. The van der Waals surface area contributed by atoms with E-state index in [1.54, 1.807) is 18.5 Å². The number of nitrogens with two attached hydrogens (primary N) is 1. The second kappa shape index (κ2) is 10.3. The summed E-state index contributed by atoms with van der Waals surface area (Å²) in [6.45, 7) is 5.43. The van der Waals surface area contributed by atoms with E-state index in [4.69, 9.17) is 11.0 Å². The molecule has 0 aliphatic heterocycles. The van der Waals surface area contributed by atoms with E-state index < -0.39 is 0 Å². The van der Waals surface area contributed by atoms with Gasteiger partial charge in [0.25, 0.3) is 0 Å². The number of nitrogens with zero attached hydrogens (tertiary/aromatic N) is 4. The summed E-state index contributed by atoms with van der Waals surface area (Å²) in [7, 11) is 0. The fourth-order valence-electron chi connectivity index (χ4n) is 2.32. The van der Waals surface area contributed by atoms with Crippen molar-refractivity contribution in [3.63, 3.8) is 0 Å². The zero-order valence-electron chi connectivity index (χ0n) is 16.1. The van der Waals surface area contributed by atoms with Crippen molar-refractivity contribution in [2.24, 2.45) is 0 Å². The fraction of sp³-hybridized carbons (Fsp3) is 0.143. The van der Waals surface area contributed by atoms with E-state index >= 15 is 0 Å². The summed E-state index contributed by atoms with van der Waals surface area (Å²) in [6, 6.07) is 17.0. The van der Waals surface area contributed by atoms with Gasteiger partial charge in [-0.3, -0.25) is 4.98 Å². The minimum absolute atomic E-state index is 0.663. The maximum Gasteiger partial charge on any atom is 0.180 e. The smallest absolute Gasteiger partial charge is 0.180 e. The number of aromatic amines is 1. The van der Waals surface area contributed by atoms with Gasteiger partial charge in [-0.1, -0.05) is 13.8 Å². The number of fused-ring (bicyclic) bond motifs is 1. The number of hydrogen-bond donors (Lipinski definition) is 3. The molecule has 0 atom stereocenters. The first-order valence-corrected chi connectivity index (χ1v) is 8.90. The number of aromatic nitrogens is 4. The van der Waals surface area contributed by atoms with Crippen LogP contribution in [0.25, 0.3) is 22.6 Å². The number of anilines is 3. The molecule has 0 radical (unpaired) electrons. The van der Waals surface area contributed by atoms with Crippen LogP contribution in [0.2, 0.25) is 0 Å². The number of nitrogens with one attached hydrogen (secondary N) is 2. The van der Waals surface area contributed by atoms with Crippen LogP contribution >= 0.6 is 0 Å². The lowest BCUT2D eigenvalue weighted by molar-refractivity contribution is 1.28. The fourth-order valence-corrected chi connectivity index (χ4v) is 2.32. The van der Waals surface area contributed by atoms with Gasteiger partial charge in [0, 0.05) is 36.3 Å². The quantitative estimate of drug-likeness (QED) is 0.440. The summed E-state index contributed by atoms with van der Waals surface area (Å²) in [4.78, 5) is 16.4. The van der Waals surface area contributed by atoms with E-state index in [2.05, 4.69) is 25.3 Å². The lowest BCUT2D eigenvalue weighted by Crippen LogP contribution is -1.93. The maximum absolute atomic E-state index is 7.32. The van der Waals surface area contributed by atoms with Gasteiger partial charge in [0.05, 0.1) is 11.6 Å². The highest BCUT2D eigenvalue weighted by Crippen LogP contribution is 2.22. The van der Waals surface area contributed by atoms with Crippen LogP contribution in [-0.4, -0.2) is 19.9 Å². The summed E-state index contributed by atoms with van der Waals surface area (Å²) in [5, 5.41) is 10.6. The number of hydrogen-bond acceptors (Lipinski definition) is 6. The standard InChI is InChI=1S/C17H14N6.C2H3N.C2H6/c18-12-3-1-11(2-4-12)16-21-14-5-6-15(22-17(14)23-16)20-13-7-9-19-10-8-13;1-2-3;1-2/h1-10H,18H2,(H2,19,20,21,22,23);1H3;1-2H3. The Hall–Kier alpha value is -3.92. The number of imidazole rings is 1. The van der Waals surface area contributed by atoms with Crippen LogP contribution in [0.4, 0.5) is 17.2 Å². The molecule has 3 heterocycles. The van der Waals surface area contributed by atoms with Crippen molar-refractivity contribution in [3.8, 4) is 17.5 Å². The van der Waals surface area contributed by atoms with Crippen molar-refractivity contribution in [2.45, 2.75) is 20.8 Å². The van der Waals surface area contributed by atoms with Gasteiger partial charge in [0.15, 0.2) is 5.65 Å². The number of benzene rings is 1. The third-order valence-corrected chi connectivity index (χ3v) is 3.48. The number of pyridine rings is 2. The summed E-state index contributed by atoms with van der Waals surface area (Å²) in [6.07, 6.45) is 3.46. The van der Waals surface area contributed by atoms with E-state index in [0.29, 0.717) is 5.65 Å². The first-order chi connectivity index (χ1) is 13.7. The van der Waals surface area contributed by atoms with Crippen molar-refractivity contribution >= 4 is 28.4 Å². The van der Waals surface area contributed by atoms with E-state index in [1.165, 1.54) is 6.92 Å². The predicted molar refractivity (Wildman–Crippen MR) is 114 cm³/mol. The van der Waals surface area contributed by atoms with Gasteiger partial charge in [0.2, 0.25) is 0 Å². The molecule has 0 unspecified atom stereocenters. The van der Waals surface area contributed by atoms with Gasteiger partial charge in [-0.2, -0.15) is 5.26 Å². The van der Waals surface area contributed by atoms with Gasteiger partial charge in [0.1, 0.15) is 11.6 Å². The number of H-pyrrole nitrogens is 1. The summed E-state index contributed by atoms with van der Waals surface area (Å²) in [5.41, 5.74) is 9.90. The average molecular weight is 373 g/mol. The number of nitriles is 1. The van der Waals surface area contributed by atoms with E-state index in [0.717, 1.165) is 34.1 Å². The topological polar surface area (TPSA) is 116 Å². The molecule has 28 heavy (non-hydrogen) atoms. The first-order valence-electron chi connectivity index (χ1n) is 8.90. The molecule has 4 N–H and O–H groups in total. The van der Waals surface area contributed by atoms with Crippen LogP contribution in [-0.2, 0) is 0 Å². The van der Waals surface area contributed by atoms with Crippen LogP contribution in [0.5, 0.6) is 0 Å². The lowest BCUT2D eigenvalue weighted by Gasteiger charge is -2.03. The van der Waals surface area contributed by atoms with Crippen LogP contribution in [0.1, 0.15) is 20.8 Å². The highest BCUT2D eigenvalue weighted by atomic mass is 15.1. The maximum atomic E-state index is 7.32. The molecule has 7 nitrogen and oxygen atoms in total. The molecule has 3 aromatic heterocycles. The zero-order chi connectivity index (χ0) is 20.4. The molecule has 0 spiro atoms. The summed E-state index contributed by atoms with van der Waals surface area (Å²) in [5.74, 6) is 1.51. The van der Waals surface area contributed by atoms with E-state index in [-0.39, 0.29) is 0 Å². The highest BCUT2D eigenvalue weighted by Gasteiger charge is 2.07. The molecule has 4 rings (SSSR count). The second-order valence-electron chi connectivity index (χ2n) is 5.36. The number of rotatable bonds is 3. The Morgan fingerprint density at radius 2 is 1.61 bits per heavy atom. The third-order valence-electron chi connectivity index (χ3n) is 3.48. The molecule has 0 bridgehead atoms. The van der Waals surface area contributed by atoms with Crippen molar-refractivity contribution < 1.29 is 0 Å². The Kier molecular flexibility index (Phi) is 7.49. The van der Waals surface area contributed by atoms with E-state index in [9.17, 15) is 0 Å². The minimum Gasteiger partial charge on any atom is -0.399 e. The van der Waals surface area contributed by atoms with Gasteiger partial charge in [-0.25, -0.2) is 9.97 Å². The third kappa shape index (κ3) is 5.29. The molecule has 0 aliphatic carbocycles. The SMILES string of the molecule is CC.CC#N.Nc1ccc(-c2nc3nc(Nc4ccncc4)ccc3[nH]2)cc1. The molecule has 4 aromatic rings. The molecule has 0 fully saturated rings. The average Bonchev–Trinajstić information content (AvgIpc) is 3.15. The minimum atomic E-state index is 0.663. The van der Waals surface area contributed by atoms with Crippen LogP contribution in [0.3, 0.4) is 0 Å². The summed E-state index contributed by atoms with van der Waals surface area (Å²) < 4.78 is 0. The number of nitrogen functional groups attached to an aromatic ring is 1. The zero-order valence-corrected chi connectivity index (χ0v) is 16.1. The molecule has 142 valence electrons. The van der Waals surface area contributed by atoms with Crippen molar-refractivity contribution in [1.82, 2.24) is 19.9 Å². The van der Waals surface area contributed by atoms with Gasteiger partial charge < -0.3 is 16.0 Å². The van der Waals surface area contributed by atoms with Crippen molar-refractivity contribution in [3.05, 3.63) is 60.9 Å². The summed E-state index contributed by atoms with van der Waals surface area (Å²) >= 11 is 0. The van der Waals surface area contributed by atoms with Gasteiger partial charge in [-0.05, 0) is 48.5 Å². The molecular formula is C21H23N7. The van der Waals surface area contributed by atoms with Crippen LogP contribution < -0.4 is 11.1 Å². The Morgan fingerprint density at radius 1 is 0.964 bits per heavy atom. The van der Waals surface area contributed by atoms with Crippen molar-refractivity contribution in [1.29, 1.82) is 5.26 Å². The van der Waals surface area contributed by atoms with E-state index in [1.807, 2.05) is 62.4 Å². The first kappa shape index (κ1) is 20.4. The Balaban J connectivity index is 0.000000514. The highest BCUT2D eigenvalue weighted by molar-refractivity contribution is 5.78. The van der Waals surface area contributed by atoms with Gasteiger partial charge >= 0.3 is 0 Å². The van der Waals surface area contributed by atoms with Crippen LogP contribution in [0, 0.1) is 11.3 Å². The van der Waals surface area contributed by atoms with Crippen LogP contribution in [0.15, 0.2) is 60.9 Å². The Labute approximate surface area is 164 Å². The normalized spacial score (nSPS) is 9.36. The predicted octanol–water partition coefficient (Wildman–Crippen LogP) is 4.90. The molecule has 0 amide bonds. The molecule has 7 heteroatoms. The Morgan fingerprint density at radius 3 is 2.25 bits per heavy atom. The largest absolute Gasteiger partial charge is 0.399 e. The molecular weight excluding hydrogens is 350 g/mol. The molecule has 1 aromatic carbocycles. The molecule has 0 saturated carbocycles.